The first kappa shape index (κ1) is 12.9. The molecule has 0 unspecified atom stereocenters. The highest BCUT2D eigenvalue weighted by molar-refractivity contribution is 5.85. The molecule has 20 heavy (non-hydrogen) atoms. The van der Waals surface area contributed by atoms with Crippen molar-refractivity contribution < 1.29 is 13.9 Å². The highest BCUT2D eigenvalue weighted by Crippen LogP contribution is 2.36. The molecule has 0 fully saturated rings. The standard InChI is InChI=1S/C16H16O4/c1-8-7-11-5-6-12-14(17)9(2)10(3)20-15(12)13(11)16(18-4)19-8/h5-7,16H,1-4H3/t16-/m0/s1. The lowest BCUT2D eigenvalue weighted by atomic mass is 9.99. The minimum absolute atomic E-state index is 0.00678. The highest BCUT2D eigenvalue weighted by atomic mass is 16.7. The second-order valence-electron chi connectivity index (χ2n) is 5.00. The van der Waals surface area contributed by atoms with Crippen LogP contribution >= 0.6 is 0 Å². The average molecular weight is 272 g/mol. The van der Waals surface area contributed by atoms with Crippen LogP contribution in [0.5, 0.6) is 0 Å². The van der Waals surface area contributed by atoms with Gasteiger partial charge in [-0.25, -0.2) is 0 Å². The third-order valence-corrected chi connectivity index (χ3v) is 3.70. The van der Waals surface area contributed by atoms with Crippen LogP contribution in [0.3, 0.4) is 0 Å². The second-order valence-corrected chi connectivity index (χ2v) is 5.00. The summed E-state index contributed by atoms with van der Waals surface area (Å²) in [5.74, 6) is 1.40. The molecule has 1 atom stereocenters. The summed E-state index contributed by atoms with van der Waals surface area (Å²) >= 11 is 0. The van der Waals surface area contributed by atoms with Crippen molar-refractivity contribution in [1.82, 2.24) is 0 Å². The summed E-state index contributed by atoms with van der Waals surface area (Å²) < 4.78 is 16.9. The van der Waals surface area contributed by atoms with Crippen LogP contribution in [-0.4, -0.2) is 7.11 Å². The Kier molecular flexibility index (Phi) is 2.91. The minimum atomic E-state index is -0.552. The van der Waals surface area contributed by atoms with Gasteiger partial charge in [0.15, 0.2) is 5.43 Å². The monoisotopic (exact) mass is 272 g/mol. The smallest absolute Gasteiger partial charge is 0.230 e. The van der Waals surface area contributed by atoms with Gasteiger partial charge in [-0.15, -0.1) is 0 Å². The van der Waals surface area contributed by atoms with Crippen molar-refractivity contribution in [2.75, 3.05) is 7.11 Å². The SMILES string of the molecule is CO[C@H]1OC(C)=Cc2ccc3c(=O)c(C)c(C)oc3c21. The third kappa shape index (κ3) is 1.76. The number of rotatable bonds is 1. The molecule has 0 amide bonds. The van der Waals surface area contributed by atoms with E-state index in [-0.39, 0.29) is 5.43 Å². The molecule has 1 aromatic carbocycles. The molecule has 1 aliphatic heterocycles. The molecule has 1 aliphatic rings. The Balaban J connectivity index is 2.44. The van der Waals surface area contributed by atoms with E-state index in [0.29, 0.717) is 22.3 Å². The summed E-state index contributed by atoms with van der Waals surface area (Å²) in [7, 11) is 1.57. The number of allylic oxidation sites excluding steroid dienone is 1. The molecule has 4 nitrogen and oxygen atoms in total. The van der Waals surface area contributed by atoms with Crippen LogP contribution in [0.2, 0.25) is 0 Å². The van der Waals surface area contributed by atoms with Crippen LogP contribution in [0.25, 0.3) is 17.0 Å². The zero-order valence-corrected chi connectivity index (χ0v) is 11.9. The maximum absolute atomic E-state index is 12.3. The topological polar surface area (TPSA) is 48.7 Å². The van der Waals surface area contributed by atoms with E-state index in [0.717, 1.165) is 16.9 Å². The molecule has 4 heteroatoms. The number of hydrogen-bond donors (Lipinski definition) is 0. The van der Waals surface area contributed by atoms with E-state index in [2.05, 4.69) is 0 Å². The molecule has 0 N–H and O–H groups in total. The van der Waals surface area contributed by atoms with Gasteiger partial charge in [-0.3, -0.25) is 4.79 Å². The first-order chi connectivity index (χ1) is 9.52. The van der Waals surface area contributed by atoms with E-state index >= 15 is 0 Å². The number of hydrogen-bond acceptors (Lipinski definition) is 4. The fraction of sp³-hybridized carbons (Fsp3) is 0.312. The quantitative estimate of drug-likeness (QED) is 0.797. The van der Waals surface area contributed by atoms with Gasteiger partial charge in [0, 0.05) is 12.7 Å². The maximum Gasteiger partial charge on any atom is 0.230 e. The number of methoxy groups -OCH3 is 1. The lowest BCUT2D eigenvalue weighted by Gasteiger charge is -2.25. The molecular formula is C16H16O4. The van der Waals surface area contributed by atoms with Gasteiger partial charge in [-0.2, -0.15) is 0 Å². The summed E-state index contributed by atoms with van der Waals surface area (Å²) in [6, 6.07) is 3.70. The van der Waals surface area contributed by atoms with E-state index in [1.807, 2.05) is 19.1 Å². The molecule has 1 aromatic heterocycles. The van der Waals surface area contributed by atoms with Crippen molar-refractivity contribution in [2.45, 2.75) is 27.1 Å². The van der Waals surface area contributed by atoms with E-state index < -0.39 is 6.29 Å². The van der Waals surface area contributed by atoms with Crippen molar-refractivity contribution in [1.29, 1.82) is 0 Å². The van der Waals surface area contributed by atoms with Crippen LogP contribution < -0.4 is 5.43 Å². The number of benzene rings is 1. The Morgan fingerprint density at radius 1 is 1.20 bits per heavy atom. The van der Waals surface area contributed by atoms with Gasteiger partial charge in [-0.05, 0) is 38.5 Å². The Labute approximate surface area is 116 Å². The van der Waals surface area contributed by atoms with Gasteiger partial charge in [-0.1, -0.05) is 6.07 Å². The van der Waals surface area contributed by atoms with Gasteiger partial charge in [0.1, 0.15) is 11.3 Å². The number of ether oxygens (including phenoxy) is 2. The van der Waals surface area contributed by atoms with E-state index in [4.69, 9.17) is 13.9 Å². The molecule has 104 valence electrons. The Bertz CT molecular complexity index is 783. The first-order valence-electron chi connectivity index (χ1n) is 6.47. The summed E-state index contributed by atoms with van der Waals surface area (Å²) in [6.07, 6.45) is 1.36. The van der Waals surface area contributed by atoms with E-state index in [1.54, 1.807) is 27.0 Å². The molecule has 2 heterocycles. The lowest BCUT2D eigenvalue weighted by molar-refractivity contribution is -0.0980. The van der Waals surface area contributed by atoms with Gasteiger partial charge in [0.05, 0.1) is 16.7 Å². The van der Waals surface area contributed by atoms with Crippen molar-refractivity contribution in [2.24, 2.45) is 0 Å². The molecule has 0 aliphatic carbocycles. The Morgan fingerprint density at radius 2 is 1.95 bits per heavy atom. The minimum Gasteiger partial charge on any atom is -0.465 e. The Hall–Kier alpha value is -2.07. The normalized spacial score (nSPS) is 17.6. The van der Waals surface area contributed by atoms with Crippen molar-refractivity contribution in [3.8, 4) is 0 Å². The van der Waals surface area contributed by atoms with Gasteiger partial charge >= 0.3 is 0 Å². The average Bonchev–Trinajstić information content (AvgIpc) is 2.43. The zero-order valence-electron chi connectivity index (χ0n) is 11.9. The predicted molar refractivity (Wildman–Crippen MR) is 76.4 cm³/mol. The lowest BCUT2D eigenvalue weighted by Crippen LogP contribution is -2.15. The van der Waals surface area contributed by atoms with Crippen molar-refractivity contribution in [3.63, 3.8) is 0 Å². The molecular weight excluding hydrogens is 256 g/mol. The molecule has 0 radical (unpaired) electrons. The zero-order chi connectivity index (χ0) is 14.4. The second kappa shape index (κ2) is 4.49. The molecule has 0 spiro atoms. The molecule has 0 bridgehead atoms. The summed E-state index contributed by atoms with van der Waals surface area (Å²) in [4.78, 5) is 12.3. The fourth-order valence-electron chi connectivity index (χ4n) is 2.51. The van der Waals surface area contributed by atoms with Gasteiger partial charge in [0.25, 0.3) is 0 Å². The largest absolute Gasteiger partial charge is 0.465 e. The number of aryl methyl sites for hydroxylation is 1. The van der Waals surface area contributed by atoms with E-state index in [9.17, 15) is 4.79 Å². The van der Waals surface area contributed by atoms with Crippen LogP contribution in [0.4, 0.5) is 0 Å². The number of fused-ring (bicyclic) bond motifs is 3. The first-order valence-corrected chi connectivity index (χ1v) is 6.47. The van der Waals surface area contributed by atoms with Crippen LogP contribution in [-0.2, 0) is 9.47 Å². The molecule has 2 aromatic rings. The van der Waals surface area contributed by atoms with Crippen LogP contribution in [0.15, 0.2) is 27.1 Å². The van der Waals surface area contributed by atoms with Crippen molar-refractivity contribution >= 4 is 17.0 Å². The van der Waals surface area contributed by atoms with Crippen LogP contribution in [0.1, 0.15) is 35.7 Å². The fourth-order valence-corrected chi connectivity index (χ4v) is 2.51. The maximum atomic E-state index is 12.3. The summed E-state index contributed by atoms with van der Waals surface area (Å²) in [6.45, 7) is 5.44. The van der Waals surface area contributed by atoms with Crippen LogP contribution in [0, 0.1) is 13.8 Å². The molecule has 3 rings (SSSR count). The third-order valence-electron chi connectivity index (χ3n) is 3.70. The highest BCUT2D eigenvalue weighted by Gasteiger charge is 2.26. The van der Waals surface area contributed by atoms with Gasteiger partial charge in [0.2, 0.25) is 6.29 Å². The predicted octanol–water partition coefficient (Wildman–Crippen LogP) is 3.45. The summed E-state index contributed by atoms with van der Waals surface area (Å²) in [5.41, 5.74) is 2.91. The van der Waals surface area contributed by atoms with Gasteiger partial charge < -0.3 is 13.9 Å². The van der Waals surface area contributed by atoms with E-state index in [1.165, 1.54) is 0 Å². The van der Waals surface area contributed by atoms with Crippen molar-refractivity contribution in [3.05, 3.63) is 50.6 Å². The molecule has 0 saturated heterocycles. The summed E-state index contributed by atoms with van der Waals surface area (Å²) in [5, 5.41) is 0.561. The Morgan fingerprint density at radius 3 is 2.65 bits per heavy atom. The molecule has 0 saturated carbocycles.